The summed E-state index contributed by atoms with van der Waals surface area (Å²) in [6, 6.07) is 12.5. The number of ether oxygens (including phenoxy) is 2. The van der Waals surface area contributed by atoms with E-state index in [0.29, 0.717) is 22.9 Å². The lowest BCUT2D eigenvalue weighted by atomic mass is 9.71. The summed E-state index contributed by atoms with van der Waals surface area (Å²) < 4.78 is 10.8. The van der Waals surface area contributed by atoms with E-state index in [4.69, 9.17) is 9.47 Å². The van der Waals surface area contributed by atoms with Gasteiger partial charge in [0.2, 0.25) is 11.8 Å². The van der Waals surface area contributed by atoms with Gasteiger partial charge in [-0.2, -0.15) is 0 Å². The van der Waals surface area contributed by atoms with Crippen molar-refractivity contribution in [1.29, 1.82) is 0 Å². The quantitative estimate of drug-likeness (QED) is 0.204. The van der Waals surface area contributed by atoms with Crippen LogP contribution in [0, 0.1) is 17.8 Å². The molecular weight excluding hydrogens is 620 g/mol. The molecule has 2 aliphatic rings. The molecule has 0 radical (unpaired) electrons. The predicted octanol–water partition coefficient (Wildman–Crippen LogP) is 6.33. The van der Waals surface area contributed by atoms with Gasteiger partial charge >= 0.3 is 5.97 Å². The zero-order valence-corrected chi connectivity index (χ0v) is 28.8. The van der Waals surface area contributed by atoms with Crippen molar-refractivity contribution >= 4 is 23.4 Å². The van der Waals surface area contributed by atoms with E-state index in [1.807, 2.05) is 18.5 Å². The van der Waals surface area contributed by atoms with Crippen molar-refractivity contribution < 1.29 is 29.0 Å². The first-order chi connectivity index (χ1) is 23.8. The van der Waals surface area contributed by atoms with Crippen LogP contribution in [0.2, 0.25) is 0 Å². The number of carboxylic acid groups (broad SMARTS) is 1. The third-order valence-electron chi connectivity index (χ3n) is 10.2. The molecule has 1 atom stereocenters. The van der Waals surface area contributed by atoms with Crippen LogP contribution >= 0.6 is 0 Å². The lowest BCUT2D eigenvalue weighted by molar-refractivity contribution is -0.144. The summed E-state index contributed by atoms with van der Waals surface area (Å²) >= 11 is 0. The molecule has 1 aromatic heterocycles. The van der Waals surface area contributed by atoms with Crippen LogP contribution in [-0.4, -0.2) is 65.1 Å². The Morgan fingerprint density at radius 1 is 0.918 bits per heavy atom. The Balaban J connectivity index is 1.18. The van der Waals surface area contributed by atoms with Gasteiger partial charge in [-0.05, 0) is 79.2 Å². The highest BCUT2D eigenvalue weighted by atomic mass is 16.5. The molecule has 2 aliphatic carbocycles. The number of hydrogen-bond acceptors (Lipinski definition) is 7. The summed E-state index contributed by atoms with van der Waals surface area (Å²) in [6.07, 6.45) is 16.5. The minimum absolute atomic E-state index is 0.0159. The SMILES string of the molecule is CCC1CCC(C2CC=C(c3cnc(-c4ccc(CN(CC(=O)O)C(=O)CNC(=O)Cc5ccc(OC)cc5)c(OC)c4)nc3)CC2)CC1. The summed E-state index contributed by atoms with van der Waals surface area (Å²) in [6.45, 7) is 1.44. The molecule has 49 heavy (non-hydrogen) atoms. The molecular formula is C39H48N4O6. The van der Waals surface area contributed by atoms with Crippen LogP contribution in [0.5, 0.6) is 11.5 Å². The topological polar surface area (TPSA) is 131 Å². The standard InChI is InChI=1S/C39H48N4O6/c1-4-26-5-9-28(10-6-26)29-11-13-30(14-12-29)33-21-41-39(42-22-33)31-15-16-32(35(20-31)49-3)24-43(25-38(46)47)37(45)23-40-36(44)19-27-7-17-34(48-2)18-8-27/h7-8,13,15-18,20-22,26,28-29H,4-6,9-12,14,19,23-25H2,1-3H3,(H,40,44)(H,46,47). The van der Waals surface area contributed by atoms with E-state index < -0.39 is 18.4 Å². The number of rotatable bonds is 14. The van der Waals surface area contributed by atoms with Gasteiger partial charge in [0.25, 0.3) is 0 Å². The minimum atomic E-state index is -1.16. The highest BCUT2D eigenvalue weighted by Gasteiger charge is 2.28. The van der Waals surface area contributed by atoms with Gasteiger partial charge in [0.1, 0.15) is 18.0 Å². The Kier molecular flexibility index (Phi) is 12.4. The molecule has 1 saturated carbocycles. The first-order valence-corrected chi connectivity index (χ1v) is 17.3. The zero-order valence-electron chi connectivity index (χ0n) is 28.8. The summed E-state index contributed by atoms with van der Waals surface area (Å²) in [5.74, 6) is 2.25. The second-order valence-corrected chi connectivity index (χ2v) is 13.2. The highest BCUT2D eigenvalue weighted by Crippen LogP contribution is 2.41. The van der Waals surface area contributed by atoms with E-state index in [9.17, 15) is 19.5 Å². The minimum Gasteiger partial charge on any atom is -0.497 e. The Bertz CT molecular complexity index is 1610. The fraction of sp³-hybridized carbons (Fsp3) is 0.462. The molecule has 2 aromatic carbocycles. The third-order valence-corrected chi connectivity index (χ3v) is 10.2. The number of aromatic nitrogens is 2. The van der Waals surface area contributed by atoms with E-state index in [-0.39, 0.29) is 25.4 Å². The van der Waals surface area contributed by atoms with Crippen molar-refractivity contribution in [2.45, 2.75) is 71.3 Å². The molecule has 0 saturated heterocycles. The molecule has 5 rings (SSSR count). The Labute approximate surface area is 288 Å². The van der Waals surface area contributed by atoms with E-state index in [2.05, 4.69) is 28.3 Å². The van der Waals surface area contributed by atoms with Crippen LogP contribution in [0.25, 0.3) is 17.0 Å². The van der Waals surface area contributed by atoms with Gasteiger partial charge < -0.3 is 24.8 Å². The van der Waals surface area contributed by atoms with Gasteiger partial charge in [-0.15, -0.1) is 0 Å². The van der Waals surface area contributed by atoms with Crippen LogP contribution in [-0.2, 0) is 27.3 Å². The van der Waals surface area contributed by atoms with Crippen LogP contribution in [0.1, 0.15) is 75.0 Å². The summed E-state index contributed by atoms with van der Waals surface area (Å²) in [5.41, 5.74) is 4.50. The highest BCUT2D eigenvalue weighted by molar-refractivity contribution is 5.87. The van der Waals surface area contributed by atoms with Crippen molar-refractivity contribution in [3.63, 3.8) is 0 Å². The number of amides is 2. The number of hydrogen-bond donors (Lipinski definition) is 2. The number of carboxylic acids is 1. The fourth-order valence-corrected chi connectivity index (χ4v) is 7.15. The molecule has 1 heterocycles. The molecule has 1 unspecified atom stereocenters. The van der Waals surface area contributed by atoms with Crippen molar-refractivity contribution in [2.75, 3.05) is 27.3 Å². The molecule has 10 heteroatoms. The maximum Gasteiger partial charge on any atom is 0.323 e. The second-order valence-electron chi connectivity index (χ2n) is 13.2. The lowest BCUT2D eigenvalue weighted by Gasteiger charge is -2.35. The number of methoxy groups -OCH3 is 2. The predicted molar refractivity (Wildman–Crippen MR) is 188 cm³/mol. The van der Waals surface area contributed by atoms with E-state index in [0.717, 1.165) is 47.3 Å². The maximum atomic E-state index is 13.1. The van der Waals surface area contributed by atoms with Crippen LogP contribution in [0.15, 0.2) is 60.9 Å². The van der Waals surface area contributed by atoms with Crippen LogP contribution in [0.3, 0.4) is 0 Å². The molecule has 260 valence electrons. The molecule has 2 amide bonds. The zero-order chi connectivity index (χ0) is 34.8. The molecule has 2 N–H and O–H groups in total. The number of benzene rings is 2. The molecule has 3 aromatic rings. The summed E-state index contributed by atoms with van der Waals surface area (Å²) in [4.78, 5) is 47.7. The third kappa shape index (κ3) is 9.68. The first kappa shape index (κ1) is 35.6. The van der Waals surface area contributed by atoms with E-state index in [1.165, 1.54) is 56.1 Å². The Morgan fingerprint density at radius 2 is 1.65 bits per heavy atom. The van der Waals surface area contributed by atoms with Crippen molar-refractivity contribution in [2.24, 2.45) is 17.8 Å². The normalized spacial score (nSPS) is 19.0. The maximum absolute atomic E-state index is 13.1. The number of allylic oxidation sites excluding steroid dienone is 2. The van der Waals surface area contributed by atoms with Gasteiger partial charge in [0, 0.05) is 35.6 Å². The molecule has 1 fully saturated rings. The number of carbonyl (C=O) groups is 3. The smallest absolute Gasteiger partial charge is 0.323 e. The first-order valence-electron chi connectivity index (χ1n) is 17.3. The lowest BCUT2D eigenvalue weighted by Crippen LogP contribution is -2.42. The van der Waals surface area contributed by atoms with Gasteiger partial charge in [-0.1, -0.05) is 56.5 Å². The monoisotopic (exact) mass is 668 g/mol. The average molecular weight is 669 g/mol. The van der Waals surface area contributed by atoms with E-state index >= 15 is 0 Å². The largest absolute Gasteiger partial charge is 0.497 e. The van der Waals surface area contributed by atoms with Crippen molar-refractivity contribution in [3.05, 3.63) is 77.6 Å². The van der Waals surface area contributed by atoms with Gasteiger partial charge in [0.15, 0.2) is 5.82 Å². The van der Waals surface area contributed by atoms with Gasteiger partial charge in [-0.3, -0.25) is 14.4 Å². The number of carbonyl (C=O) groups excluding carboxylic acids is 2. The number of nitrogens with zero attached hydrogens (tertiary/aromatic N) is 3. The Hall–Kier alpha value is -4.73. The second kappa shape index (κ2) is 17.1. The molecule has 10 nitrogen and oxygen atoms in total. The summed E-state index contributed by atoms with van der Waals surface area (Å²) in [5, 5.41) is 12.1. The molecule has 0 bridgehead atoms. The number of nitrogens with one attached hydrogen (secondary N) is 1. The van der Waals surface area contributed by atoms with Gasteiger partial charge in [0.05, 0.1) is 27.2 Å². The van der Waals surface area contributed by atoms with Gasteiger partial charge in [-0.25, -0.2) is 9.97 Å². The average Bonchev–Trinajstić information content (AvgIpc) is 3.14. The fourth-order valence-electron chi connectivity index (χ4n) is 7.15. The van der Waals surface area contributed by atoms with Crippen LogP contribution in [0.4, 0.5) is 0 Å². The Morgan fingerprint density at radius 3 is 2.27 bits per heavy atom. The summed E-state index contributed by atoms with van der Waals surface area (Å²) in [7, 11) is 3.09. The van der Waals surface area contributed by atoms with Crippen molar-refractivity contribution in [3.8, 4) is 22.9 Å². The molecule has 0 aliphatic heterocycles. The van der Waals surface area contributed by atoms with Crippen LogP contribution < -0.4 is 14.8 Å². The molecule has 0 spiro atoms. The number of aliphatic carboxylic acids is 1. The van der Waals surface area contributed by atoms with Crippen molar-refractivity contribution in [1.82, 2.24) is 20.2 Å². The van der Waals surface area contributed by atoms with E-state index in [1.54, 1.807) is 43.5 Å².